The lowest BCUT2D eigenvalue weighted by Gasteiger charge is -2.26. The Morgan fingerprint density at radius 1 is 1.33 bits per heavy atom. The van der Waals surface area contributed by atoms with E-state index in [1.807, 2.05) is 6.07 Å². The molecule has 6 nitrogen and oxygen atoms in total. The van der Waals surface area contributed by atoms with E-state index in [1.54, 1.807) is 12.3 Å². The summed E-state index contributed by atoms with van der Waals surface area (Å²) in [6, 6.07) is 6.35. The topological polar surface area (TPSA) is 75.3 Å². The predicted molar refractivity (Wildman–Crippen MR) is 95.1 cm³/mol. The first-order valence-electron chi connectivity index (χ1n) is 7.23. The summed E-state index contributed by atoms with van der Waals surface area (Å²) in [5.41, 5.74) is 0.594. The minimum absolute atomic E-state index is 0.0472. The summed E-state index contributed by atoms with van der Waals surface area (Å²) in [7, 11) is 0. The number of rotatable bonds is 4. The summed E-state index contributed by atoms with van der Waals surface area (Å²) in [5.74, 6) is 0.265. The zero-order chi connectivity index (χ0) is 17.1. The second-order valence-corrected chi connectivity index (χ2v) is 6.39. The highest BCUT2D eigenvalue weighted by atomic mass is 79.9. The fourth-order valence-corrected chi connectivity index (χ4v) is 3.13. The normalized spacial score (nSPS) is 15.2. The molecule has 2 heterocycles. The molecular weight excluding hydrogens is 400 g/mol. The van der Waals surface area contributed by atoms with Gasteiger partial charge in [-0.25, -0.2) is 4.79 Å². The summed E-state index contributed by atoms with van der Waals surface area (Å²) in [4.78, 5) is 17.3. The highest BCUT2D eigenvalue weighted by Gasteiger charge is 2.18. The number of furan rings is 1. The van der Waals surface area contributed by atoms with Crippen LogP contribution in [0.2, 0.25) is 5.02 Å². The first-order valence-corrected chi connectivity index (χ1v) is 8.40. The van der Waals surface area contributed by atoms with Gasteiger partial charge in [-0.2, -0.15) is 0 Å². The molecule has 1 aliphatic heterocycles. The van der Waals surface area contributed by atoms with Gasteiger partial charge in [0.15, 0.2) is 0 Å². The Kier molecular flexibility index (Phi) is 5.23. The van der Waals surface area contributed by atoms with E-state index < -0.39 is 5.97 Å². The van der Waals surface area contributed by atoms with Crippen LogP contribution < -0.4 is 4.90 Å². The Balaban J connectivity index is 1.77. The van der Waals surface area contributed by atoms with Crippen LogP contribution in [0.4, 0.5) is 11.6 Å². The third-order valence-electron chi connectivity index (χ3n) is 3.51. The van der Waals surface area contributed by atoms with Crippen LogP contribution in [0.25, 0.3) is 0 Å². The summed E-state index contributed by atoms with van der Waals surface area (Å²) >= 11 is 9.42. The molecule has 0 unspecified atom stereocenters. The van der Waals surface area contributed by atoms with Gasteiger partial charge in [0.05, 0.1) is 40.2 Å². The van der Waals surface area contributed by atoms with Gasteiger partial charge in [-0.15, -0.1) is 0 Å². The number of anilines is 1. The van der Waals surface area contributed by atoms with Crippen molar-refractivity contribution in [2.45, 2.75) is 0 Å². The lowest BCUT2D eigenvalue weighted by atomic mass is 10.2. The molecule has 126 valence electrons. The van der Waals surface area contributed by atoms with E-state index in [-0.39, 0.29) is 10.6 Å². The number of benzene rings is 1. The molecule has 0 amide bonds. The highest BCUT2D eigenvalue weighted by Crippen LogP contribution is 2.30. The second-order valence-electron chi connectivity index (χ2n) is 5.13. The number of hydrogen-bond donors (Lipinski definition) is 1. The SMILES string of the molecule is O=C(O)c1ccc(N=Cc2cc(Br)c(N3CCOCC3)o2)cc1Cl. The van der Waals surface area contributed by atoms with Gasteiger partial charge in [-0.05, 0) is 34.1 Å². The third kappa shape index (κ3) is 3.80. The van der Waals surface area contributed by atoms with Crippen molar-refractivity contribution in [3.8, 4) is 0 Å². The molecule has 0 atom stereocenters. The number of carboxylic acids is 1. The number of aliphatic imine (C=N–C) groups is 1. The minimum Gasteiger partial charge on any atom is -0.478 e. The van der Waals surface area contributed by atoms with Gasteiger partial charge in [-0.3, -0.25) is 4.99 Å². The van der Waals surface area contributed by atoms with Gasteiger partial charge in [0.2, 0.25) is 5.88 Å². The Morgan fingerprint density at radius 3 is 2.75 bits per heavy atom. The maximum Gasteiger partial charge on any atom is 0.337 e. The molecule has 2 aromatic rings. The molecule has 1 aliphatic rings. The van der Waals surface area contributed by atoms with Crippen LogP contribution in [0.5, 0.6) is 0 Å². The van der Waals surface area contributed by atoms with E-state index in [0.29, 0.717) is 24.7 Å². The molecule has 1 aromatic heterocycles. The number of carbonyl (C=O) groups is 1. The van der Waals surface area contributed by atoms with Crippen molar-refractivity contribution in [1.82, 2.24) is 0 Å². The van der Waals surface area contributed by atoms with E-state index >= 15 is 0 Å². The second kappa shape index (κ2) is 7.38. The van der Waals surface area contributed by atoms with Crippen molar-refractivity contribution in [2.75, 3.05) is 31.2 Å². The molecule has 0 radical (unpaired) electrons. The summed E-state index contributed by atoms with van der Waals surface area (Å²) < 4.78 is 12.0. The lowest BCUT2D eigenvalue weighted by Crippen LogP contribution is -2.36. The van der Waals surface area contributed by atoms with Crippen molar-refractivity contribution in [1.29, 1.82) is 0 Å². The van der Waals surface area contributed by atoms with Crippen LogP contribution in [-0.4, -0.2) is 43.6 Å². The van der Waals surface area contributed by atoms with Crippen molar-refractivity contribution < 1.29 is 19.1 Å². The average Bonchev–Trinajstić information content (AvgIpc) is 2.94. The van der Waals surface area contributed by atoms with Gasteiger partial charge in [0.1, 0.15) is 5.76 Å². The Labute approximate surface area is 151 Å². The molecule has 0 bridgehead atoms. The molecule has 0 spiro atoms. The molecule has 1 saturated heterocycles. The molecule has 3 rings (SSSR count). The maximum atomic E-state index is 10.9. The van der Waals surface area contributed by atoms with Crippen LogP contribution in [0, 0.1) is 0 Å². The molecule has 0 saturated carbocycles. The number of carboxylic acid groups (broad SMARTS) is 1. The lowest BCUT2D eigenvalue weighted by molar-refractivity contribution is 0.0697. The average molecular weight is 414 g/mol. The monoisotopic (exact) mass is 412 g/mol. The molecule has 0 aliphatic carbocycles. The quantitative estimate of drug-likeness (QED) is 0.767. The van der Waals surface area contributed by atoms with Crippen LogP contribution in [0.3, 0.4) is 0 Å². The van der Waals surface area contributed by atoms with E-state index in [1.165, 1.54) is 12.1 Å². The number of hydrogen-bond acceptors (Lipinski definition) is 5. The Hall–Kier alpha value is -1.83. The molecule has 1 fully saturated rings. The number of nitrogens with zero attached hydrogens (tertiary/aromatic N) is 2. The van der Waals surface area contributed by atoms with E-state index in [0.717, 1.165) is 23.4 Å². The first kappa shape index (κ1) is 17.0. The van der Waals surface area contributed by atoms with Gasteiger partial charge in [0.25, 0.3) is 0 Å². The maximum absolute atomic E-state index is 10.9. The van der Waals surface area contributed by atoms with Gasteiger partial charge in [0, 0.05) is 19.2 Å². The summed E-state index contributed by atoms with van der Waals surface area (Å²) in [6.07, 6.45) is 1.57. The van der Waals surface area contributed by atoms with Crippen LogP contribution >= 0.6 is 27.5 Å². The van der Waals surface area contributed by atoms with E-state index in [2.05, 4.69) is 25.8 Å². The number of morpholine rings is 1. The zero-order valence-corrected chi connectivity index (χ0v) is 14.9. The Bertz CT molecular complexity index is 784. The van der Waals surface area contributed by atoms with Crippen molar-refractivity contribution in [3.63, 3.8) is 0 Å². The van der Waals surface area contributed by atoms with Gasteiger partial charge in [-0.1, -0.05) is 11.6 Å². The molecule has 24 heavy (non-hydrogen) atoms. The fourth-order valence-electron chi connectivity index (χ4n) is 2.32. The van der Waals surface area contributed by atoms with Crippen molar-refractivity contribution >= 4 is 51.3 Å². The fraction of sp³-hybridized carbons (Fsp3) is 0.250. The zero-order valence-electron chi connectivity index (χ0n) is 12.5. The van der Waals surface area contributed by atoms with Crippen LogP contribution in [0.1, 0.15) is 16.1 Å². The standard InChI is InChI=1S/C16H14BrClN2O4/c17-13-8-11(24-15(13)20-3-5-23-6-4-20)9-19-10-1-2-12(16(21)22)14(18)7-10/h1-2,7-9H,3-6H2,(H,21,22). The van der Waals surface area contributed by atoms with E-state index in [9.17, 15) is 4.79 Å². The van der Waals surface area contributed by atoms with Crippen LogP contribution in [-0.2, 0) is 4.74 Å². The van der Waals surface area contributed by atoms with Crippen LogP contribution in [0.15, 0.2) is 38.1 Å². The molecule has 1 N–H and O–H groups in total. The van der Waals surface area contributed by atoms with Crippen molar-refractivity contribution in [2.24, 2.45) is 4.99 Å². The number of ether oxygens (including phenoxy) is 1. The van der Waals surface area contributed by atoms with Crippen molar-refractivity contribution in [3.05, 3.63) is 45.1 Å². The highest BCUT2D eigenvalue weighted by molar-refractivity contribution is 9.10. The smallest absolute Gasteiger partial charge is 0.337 e. The van der Waals surface area contributed by atoms with E-state index in [4.69, 9.17) is 25.9 Å². The third-order valence-corrected chi connectivity index (χ3v) is 4.39. The van der Waals surface area contributed by atoms with Gasteiger partial charge >= 0.3 is 5.97 Å². The predicted octanol–water partition coefficient (Wildman–Crippen LogP) is 3.98. The molecular formula is C16H14BrClN2O4. The minimum atomic E-state index is -1.07. The first-order chi connectivity index (χ1) is 11.5. The Morgan fingerprint density at radius 2 is 2.08 bits per heavy atom. The molecule has 1 aromatic carbocycles. The number of aromatic carboxylic acids is 1. The summed E-state index contributed by atoms with van der Waals surface area (Å²) in [5, 5.41) is 9.11. The molecule has 8 heteroatoms. The van der Waals surface area contributed by atoms with Gasteiger partial charge < -0.3 is 19.2 Å². The number of halogens is 2. The summed E-state index contributed by atoms with van der Waals surface area (Å²) in [6.45, 7) is 2.89. The largest absolute Gasteiger partial charge is 0.478 e.